The number of aliphatic hydroxyl groups is 1. The molecule has 1 aromatic rings. The second-order valence-electron chi connectivity index (χ2n) is 9.44. The molecule has 1 aliphatic carbocycles. The second-order valence-corrected chi connectivity index (χ2v) is 12.0. The second kappa shape index (κ2) is 7.64. The first-order valence-electron chi connectivity index (χ1n) is 11.4. The van der Waals surface area contributed by atoms with Crippen molar-refractivity contribution in [3.05, 3.63) is 29.5 Å². The van der Waals surface area contributed by atoms with E-state index in [1.807, 2.05) is 4.90 Å². The molecule has 11 heteroatoms. The van der Waals surface area contributed by atoms with E-state index in [9.17, 15) is 18.3 Å². The Morgan fingerprint density at radius 1 is 1.21 bits per heavy atom. The van der Waals surface area contributed by atoms with Crippen LogP contribution in [0.2, 0.25) is 0 Å². The molecule has 2 bridgehead atoms. The molecule has 2 saturated heterocycles. The molecule has 0 radical (unpaired) electrons. The van der Waals surface area contributed by atoms with Crippen molar-refractivity contribution in [1.82, 2.24) is 9.62 Å². The molecule has 0 spiro atoms. The smallest absolute Gasteiger partial charge is 0.261 e. The zero-order valence-corrected chi connectivity index (χ0v) is 19.8. The van der Waals surface area contributed by atoms with Gasteiger partial charge in [-0.05, 0) is 55.8 Å². The summed E-state index contributed by atoms with van der Waals surface area (Å²) in [7, 11) is -3.39. The number of rotatable bonds is 4. The Balaban J connectivity index is 1.38. The van der Waals surface area contributed by atoms with Gasteiger partial charge in [0.05, 0.1) is 41.0 Å². The van der Waals surface area contributed by atoms with Gasteiger partial charge in [0.25, 0.3) is 5.91 Å². The predicted molar refractivity (Wildman–Crippen MR) is 125 cm³/mol. The number of sulfonamides is 1. The Hall–Kier alpha value is -2.24. The topological polar surface area (TPSA) is 120 Å². The van der Waals surface area contributed by atoms with Crippen molar-refractivity contribution in [2.24, 2.45) is 10.9 Å². The molecule has 1 saturated carbocycles. The van der Waals surface area contributed by atoms with E-state index in [1.165, 1.54) is 11.9 Å². The Morgan fingerprint density at radius 3 is 2.73 bits per heavy atom. The largest absolute Gasteiger partial charge is 0.511 e. The number of carbonyl (C=O) groups excluding carboxylic acids is 1. The van der Waals surface area contributed by atoms with E-state index >= 15 is 0 Å². The van der Waals surface area contributed by atoms with Crippen molar-refractivity contribution in [1.29, 1.82) is 0 Å². The standard InChI is InChI=1S/C22H26N4O5S2/c1-33(29,30)25-11-6-7-13-16(10-11)32-24-21(23-13)18-20(27)17-14-8-9-15(31-14)19(17)26(22(18)28)12-4-2-3-5-12/h6-7,10,12,14-15,17,19,25,27H,2-5,8-9H2,1H3,(H,23,24). The predicted octanol–water partition coefficient (Wildman–Crippen LogP) is 2.84. The van der Waals surface area contributed by atoms with Gasteiger partial charge in [0.1, 0.15) is 11.3 Å². The van der Waals surface area contributed by atoms with Crippen LogP contribution in [0.1, 0.15) is 38.5 Å². The summed E-state index contributed by atoms with van der Waals surface area (Å²) in [5.74, 6) is 0.0249. The van der Waals surface area contributed by atoms with Crippen LogP contribution < -0.4 is 9.44 Å². The number of ether oxygens (including phenoxy) is 1. The highest BCUT2D eigenvalue weighted by Gasteiger charge is 2.59. The Labute approximate surface area is 196 Å². The number of hydrogen-bond acceptors (Lipinski definition) is 8. The highest BCUT2D eigenvalue weighted by atomic mass is 32.2. The first-order valence-corrected chi connectivity index (χ1v) is 14.1. The van der Waals surface area contributed by atoms with Gasteiger partial charge in [-0.15, -0.1) is 0 Å². The van der Waals surface area contributed by atoms with Crippen LogP contribution in [0.15, 0.2) is 39.4 Å². The first-order chi connectivity index (χ1) is 15.8. The molecule has 4 unspecified atom stereocenters. The molecule has 176 valence electrons. The van der Waals surface area contributed by atoms with E-state index in [4.69, 9.17) is 4.74 Å². The van der Waals surface area contributed by atoms with Crippen LogP contribution in [0.3, 0.4) is 0 Å². The lowest BCUT2D eigenvalue weighted by Crippen LogP contribution is -2.59. The minimum absolute atomic E-state index is 0.00892. The van der Waals surface area contributed by atoms with Crippen LogP contribution in [0.25, 0.3) is 0 Å². The Bertz CT molecular complexity index is 1190. The van der Waals surface area contributed by atoms with Crippen LogP contribution in [0.4, 0.5) is 11.4 Å². The average Bonchev–Trinajstić information content (AvgIpc) is 3.51. The normalized spacial score (nSPS) is 31.4. The molecule has 1 amide bonds. The van der Waals surface area contributed by atoms with Gasteiger partial charge in [0, 0.05) is 11.7 Å². The molecule has 0 aromatic heterocycles. The number of hydrogen-bond donors (Lipinski definition) is 3. The van der Waals surface area contributed by atoms with Crippen molar-refractivity contribution in [2.75, 3.05) is 11.0 Å². The van der Waals surface area contributed by atoms with Crippen LogP contribution in [-0.2, 0) is 19.6 Å². The maximum absolute atomic E-state index is 13.8. The highest BCUT2D eigenvalue weighted by Crippen LogP contribution is 2.50. The zero-order valence-electron chi connectivity index (χ0n) is 18.2. The lowest BCUT2D eigenvalue weighted by molar-refractivity contribution is -0.135. The van der Waals surface area contributed by atoms with Crippen LogP contribution in [0.5, 0.6) is 0 Å². The van der Waals surface area contributed by atoms with E-state index in [2.05, 4.69) is 14.4 Å². The number of amidine groups is 1. The maximum atomic E-state index is 13.8. The van der Waals surface area contributed by atoms with Crippen molar-refractivity contribution in [3.8, 4) is 0 Å². The molecule has 9 nitrogen and oxygen atoms in total. The molecule has 4 aliphatic heterocycles. The van der Waals surface area contributed by atoms with Gasteiger partial charge in [0.15, 0.2) is 5.84 Å². The van der Waals surface area contributed by atoms with Gasteiger partial charge in [0.2, 0.25) is 10.0 Å². The molecule has 5 aliphatic rings. The number of nitrogens with one attached hydrogen (secondary N) is 2. The monoisotopic (exact) mass is 490 g/mol. The number of carbonyl (C=O) groups is 1. The fourth-order valence-corrected chi connectivity index (χ4v) is 7.33. The fourth-order valence-electron chi connectivity index (χ4n) is 6.02. The fraction of sp³-hybridized carbons (Fsp3) is 0.545. The van der Waals surface area contributed by atoms with Gasteiger partial charge in [-0.1, -0.05) is 12.8 Å². The first kappa shape index (κ1) is 21.3. The molecule has 6 rings (SSSR count). The lowest BCUT2D eigenvalue weighted by atomic mass is 9.77. The number of aliphatic imine (C=N–C) groups is 1. The van der Waals surface area contributed by atoms with Crippen molar-refractivity contribution >= 4 is 45.1 Å². The molecule has 1 aromatic carbocycles. The summed E-state index contributed by atoms with van der Waals surface area (Å²) in [5.41, 5.74) is 1.28. The Morgan fingerprint density at radius 2 is 1.97 bits per heavy atom. The van der Waals surface area contributed by atoms with Gasteiger partial charge < -0.3 is 19.5 Å². The van der Waals surface area contributed by atoms with Crippen molar-refractivity contribution in [2.45, 2.75) is 67.7 Å². The summed E-state index contributed by atoms with van der Waals surface area (Å²) in [6.45, 7) is 0. The summed E-state index contributed by atoms with van der Waals surface area (Å²) >= 11 is 1.25. The maximum Gasteiger partial charge on any atom is 0.261 e. The van der Waals surface area contributed by atoms with Gasteiger partial charge in [-0.3, -0.25) is 9.52 Å². The Kier molecular flexibility index (Phi) is 4.93. The molecule has 4 heterocycles. The molecule has 3 fully saturated rings. The summed E-state index contributed by atoms with van der Waals surface area (Å²) in [4.78, 5) is 21.2. The number of benzene rings is 1. The van der Waals surface area contributed by atoms with Gasteiger partial charge in [-0.25, -0.2) is 13.4 Å². The third-order valence-electron chi connectivity index (χ3n) is 7.28. The highest BCUT2D eigenvalue weighted by molar-refractivity contribution is 7.98. The van der Waals surface area contributed by atoms with Crippen molar-refractivity contribution in [3.63, 3.8) is 0 Å². The van der Waals surface area contributed by atoms with E-state index in [0.717, 1.165) is 49.7 Å². The number of nitrogens with zero attached hydrogens (tertiary/aromatic N) is 2. The third-order valence-corrected chi connectivity index (χ3v) is 8.73. The van der Waals surface area contributed by atoms with Gasteiger partial charge in [-0.2, -0.15) is 0 Å². The minimum Gasteiger partial charge on any atom is -0.511 e. The molecule has 4 atom stereocenters. The van der Waals surface area contributed by atoms with E-state index < -0.39 is 10.0 Å². The molecular weight excluding hydrogens is 464 g/mol. The quantitative estimate of drug-likeness (QED) is 0.555. The van der Waals surface area contributed by atoms with E-state index in [0.29, 0.717) is 17.2 Å². The SMILES string of the molecule is CS(=O)(=O)Nc1ccc2c(c1)SNC(C1=C(O)C3C4CCC(O4)C3N(C3CCCC3)C1=O)=N2. The number of anilines is 1. The summed E-state index contributed by atoms with van der Waals surface area (Å²) in [5, 5.41) is 11.3. The molecular formula is C22H26N4O5S2. The molecule has 33 heavy (non-hydrogen) atoms. The summed E-state index contributed by atoms with van der Waals surface area (Å²) in [6, 6.07) is 5.10. The van der Waals surface area contributed by atoms with Crippen LogP contribution >= 0.6 is 11.9 Å². The lowest BCUT2D eigenvalue weighted by Gasteiger charge is -2.45. The van der Waals surface area contributed by atoms with Crippen LogP contribution in [0, 0.1) is 5.92 Å². The minimum atomic E-state index is -3.39. The summed E-state index contributed by atoms with van der Waals surface area (Å²) < 4.78 is 34.8. The number of aliphatic hydroxyl groups excluding tert-OH is 1. The third kappa shape index (κ3) is 3.52. The van der Waals surface area contributed by atoms with Crippen molar-refractivity contribution < 1.29 is 23.1 Å². The number of amides is 1. The summed E-state index contributed by atoms with van der Waals surface area (Å²) in [6.07, 6.45) is 7.02. The van der Waals surface area contributed by atoms with Crippen LogP contribution in [-0.4, -0.2) is 60.7 Å². The number of fused-ring (bicyclic) bond motifs is 6. The zero-order chi connectivity index (χ0) is 22.9. The van der Waals surface area contributed by atoms with E-state index in [1.54, 1.807) is 18.2 Å². The van der Waals surface area contributed by atoms with Gasteiger partial charge >= 0.3 is 0 Å². The van der Waals surface area contributed by atoms with E-state index in [-0.39, 0.29) is 47.4 Å². The average molecular weight is 491 g/mol. The molecule has 3 N–H and O–H groups in total.